The van der Waals surface area contributed by atoms with E-state index in [1.165, 1.54) is 71.8 Å². The molecule has 0 aliphatic carbocycles. The van der Waals surface area contributed by atoms with Crippen LogP contribution in [0.5, 0.6) is 0 Å². The minimum atomic E-state index is 0.560. The molecule has 4 aromatic heterocycles. The van der Waals surface area contributed by atoms with Gasteiger partial charge in [-0.1, -0.05) is 223 Å². The van der Waals surface area contributed by atoms with Crippen LogP contribution in [0.3, 0.4) is 0 Å². The fourth-order valence-corrected chi connectivity index (χ4v) is 14.9. The fourth-order valence-electron chi connectivity index (χ4n) is 14.9. The highest BCUT2D eigenvalue weighted by molar-refractivity contribution is 6.12. The van der Waals surface area contributed by atoms with E-state index in [1.807, 2.05) is 72.8 Å². The van der Waals surface area contributed by atoms with Gasteiger partial charge in [-0.3, -0.25) is 0 Å². The first-order valence-corrected chi connectivity index (χ1v) is 33.4. The van der Waals surface area contributed by atoms with Crippen molar-refractivity contribution in [3.63, 3.8) is 0 Å². The number of aromatic nitrogens is 8. The fraction of sp³-hybridized carbons (Fsp3) is 0.0667. The van der Waals surface area contributed by atoms with E-state index in [4.69, 9.17) is 29.9 Å². The standard InChI is InChI=1S/C90H66N8/c1-55-44-57(3)83(58(4)45-55)67-38-41-81-76(52-67)73-34-19-21-36-78(73)97(81)72-50-70(49-71(51-72)90-95-87(63-28-15-9-16-29-63)92-88(96-90)64-30-17-10-18-31-64)65-32-23-33-66(48-65)75-54-69(89-93-85(61-24-11-7-12-25-61)91-86(94-89)62-26-13-8-14-27-62)40-43-80(75)98-79-37-22-20-35-74(79)77-53-68(39-42-82(77)98)84-59(5)46-56(2)47-60(84)6/h7-54H,1-6H3. The number of hydrogen-bond acceptors (Lipinski definition) is 6. The van der Waals surface area contributed by atoms with Crippen LogP contribution in [0.2, 0.25) is 0 Å². The van der Waals surface area contributed by atoms with Crippen LogP contribution in [0.25, 0.3) is 168 Å². The van der Waals surface area contributed by atoms with E-state index in [9.17, 15) is 0 Å². The van der Waals surface area contributed by atoms with Crippen molar-refractivity contribution < 1.29 is 0 Å². The molecule has 13 aromatic carbocycles. The van der Waals surface area contributed by atoms with Gasteiger partial charge in [-0.2, -0.15) is 0 Å². The Bertz CT molecular complexity index is 5830. The predicted molar refractivity (Wildman–Crippen MR) is 405 cm³/mol. The van der Waals surface area contributed by atoms with E-state index in [0.29, 0.717) is 34.9 Å². The van der Waals surface area contributed by atoms with E-state index in [0.717, 1.165) is 94.5 Å². The van der Waals surface area contributed by atoms with Crippen molar-refractivity contribution in [2.45, 2.75) is 41.5 Å². The van der Waals surface area contributed by atoms with Crippen LogP contribution >= 0.6 is 0 Å². The molecule has 0 aliphatic rings. The molecule has 0 aliphatic heterocycles. The van der Waals surface area contributed by atoms with Crippen LogP contribution in [0, 0.1) is 41.5 Å². The molecular formula is C90H66N8. The summed E-state index contributed by atoms with van der Waals surface area (Å²) in [5.41, 5.74) is 28.1. The van der Waals surface area contributed by atoms with Crippen molar-refractivity contribution in [2.75, 3.05) is 0 Å². The largest absolute Gasteiger partial charge is 0.309 e. The first-order valence-electron chi connectivity index (χ1n) is 33.4. The molecule has 17 aromatic rings. The normalized spacial score (nSPS) is 11.6. The second kappa shape index (κ2) is 24.4. The molecule has 8 nitrogen and oxygen atoms in total. The smallest absolute Gasteiger partial charge is 0.164 e. The van der Waals surface area contributed by atoms with Crippen molar-refractivity contribution in [3.8, 4) is 124 Å². The topological polar surface area (TPSA) is 87.2 Å². The third-order valence-corrected chi connectivity index (χ3v) is 19.1. The molecule has 0 saturated heterocycles. The molecule has 0 spiro atoms. The molecular weight excluding hydrogens is 1190 g/mol. The summed E-state index contributed by atoms with van der Waals surface area (Å²) in [6.07, 6.45) is 0. The maximum absolute atomic E-state index is 5.38. The Balaban J connectivity index is 0.908. The Morgan fingerprint density at radius 3 is 1.03 bits per heavy atom. The summed E-state index contributed by atoms with van der Waals surface area (Å²) >= 11 is 0. The molecule has 0 amide bonds. The molecule has 0 atom stereocenters. The average molecular weight is 1260 g/mol. The summed E-state index contributed by atoms with van der Waals surface area (Å²) in [6.45, 7) is 13.3. The zero-order valence-electron chi connectivity index (χ0n) is 55.3. The Kier molecular flexibility index (Phi) is 14.7. The number of fused-ring (bicyclic) bond motifs is 6. The first-order chi connectivity index (χ1) is 48.0. The summed E-state index contributed by atoms with van der Waals surface area (Å²) in [7, 11) is 0. The van der Waals surface area contributed by atoms with E-state index < -0.39 is 0 Å². The van der Waals surface area contributed by atoms with Crippen molar-refractivity contribution in [3.05, 3.63) is 325 Å². The summed E-state index contributed by atoms with van der Waals surface area (Å²) < 4.78 is 4.85. The van der Waals surface area contributed by atoms with Gasteiger partial charge in [-0.05, 0) is 182 Å². The van der Waals surface area contributed by atoms with Crippen molar-refractivity contribution in [1.82, 2.24) is 39.0 Å². The quantitative estimate of drug-likeness (QED) is 0.121. The molecule has 98 heavy (non-hydrogen) atoms. The van der Waals surface area contributed by atoms with Gasteiger partial charge in [0.25, 0.3) is 0 Å². The molecule has 0 saturated carbocycles. The molecule has 466 valence electrons. The van der Waals surface area contributed by atoms with Gasteiger partial charge < -0.3 is 9.13 Å². The van der Waals surface area contributed by atoms with Gasteiger partial charge in [-0.25, -0.2) is 29.9 Å². The van der Waals surface area contributed by atoms with Crippen molar-refractivity contribution in [1.29, 1.82) is 0 Å². The minimum absolute atomic E-state index is 0.560. The first kappa shape index (κ1) is 59.2. The van der Waals surface area contributed by atoms with Crippen molar-refractivity contribution in [2.24, 2.45) is 0 Å². The second-order valence-electron chi connectivity index (χ2n) is 25.9. The molecule has 0 bridgehead atoms. The lowest BCUT2D eigenvalue weighted by Crippen LogP contribution is -2.02. The maximum Gasteiger partial charge on any atom is 0.164 e. The molecule has 17 rings (SSSR count). The maximum atomic E-state index is 5.38. The van der Waals surface area contributed by atoms with Gasteiger partial charge >= 0.3 is 0 Å². The van der Waals surface area contributed by atoms with Crippen molar-refractivity contribution >= 4 is 43.6 Å². The van der Waals surface area contributed by atoms with Gasteiger partial charge in [0.15, 0.2) is 34.9 Å². The molecule has 8 heteroatoms. The Morgan fingerprint density at radius 1 is 0.214 bits per heavy atom. The Hall–Kier alpha value is -12.5. The highest BCUT2D eigenvalue weighted by atomic mass is 15.1. The molecule has 0 radical (unpaired) electrons. The highest BCUT2D eigenvalue weighted by Crippen LogP contribution is 2.44. The van der Waals surface area contributed by atoms with E-state index in [2.05, 4.69) is 269 Å². The summed E-state index contributed by atoms with van der Waals surface area (Å²) in [5.74, 6) is 3.51. The lowest BCUT2D eigenvalue weighted by molar-refractivity contribution is 1.07. The summed E-state index contributed by atoms with van der Waals surface area (Å²) in [6, 6.07) is 104. The monoisotopic (exact) mass is 1260 g/mol. The molecule has 0 unspecified atom stereocenters. The zero-order chi connectivity index (χ0) is 66.1. The minimum Gasteiger partial charge on any atom is -0.309 e. The van der Waals surface area contributed by atoms with Gasteiger partial charge in [0.05, 0.1) is 27.8 Å². The van der Waals surface area contributed by atoms with E-state index in [-0.39, 0.29) is 0 Å². The van der Waals surface area contributed by atoms with Crippen LogP contribution in [0.15, 0.2) is 291 Å². The number of aryl methyl sites for hydroxylation is 6. The van der Waals surface area contributed by atoms with Crippen LogP contribution in [0.4, 0.5) is 0 Å². The van der Waals surface area contributed by atoms with Gasteiger partial charge in [0, 0.05) is 66.2 Å². The number of hydrogen-bond donors (Lipinski definition) is 0. The van der Waals surface area contributed by atoms with Crippen LogP contribution in [-0.4, -0.2) is 39.0 Å². The summed E-state index contributed by atoms with van der Waals surface area (Å²) in [4.78, 5) is 31.6. The SMILES string of the molecule is Cc1cc(C)c(-c2ccc3c(c2)c2ccccc2n3-c2cc(-c3cccc(-c4cc(-c5nc(-c6ccccc6)nc(-c6ccccc6)n5)ccc4-n4c5ccccc5c5cc(-c6c(C)cc(C)cc6C)ccc54)c3)cc(-c3nc(-c4ccccc4)nc(-c4ccccc4)n3)c2)c(C)c1. The third-order valence-electron chi connectivity index (χ3n) is 19.1. The van der Waals surface area contributed by atoms with E-state index >= 15 is 0 Å². The number of nitrogens with zero attached hydrogens (tertiary/aromatic N) is 8. The highest BCUT2D eigenvalue weighted by Gasteiger charge is 2.24. The van der Waals surface area contributed by atoms with Crippen LogP contribution in [-0.2, 0) is 0 Å². The summed E-state index contributed by atoms with van der Waals surface area (Å²) in [5, 5.41) is 4.68. The van der Waals surface area contributed by atoms with Gasteiger partial charge in [-0.15, -0.1) is 0 Å². The number of para-hydroxylation sites is 2. The Morgan fingerprint density at radius 2 is 0.561 bits per heavy atom. The lowest BCUT2D eigenvalue weighted by Gasteiger charge is -2.18. The van der Waals surface area contributed by atoms with Gasteiger partial charge in [0.1, 0.15) is 0 Å². The predicted octanol–water partition coefficient (Wildman–Crippen LogP) is 22.8. The number of benzene rings is 13. The zero-order valence-corrected chi connectivity index (χ0v) is 55.3. The second-order valence-corrected chi connectivity index (χ2v) is 25.9. The van der Waals surface area contributed by atoms with Crippen LogP contribution < -0.4 is 0 Å². The average Bonchev–Trinajstić information content (AvgIpc) is 1.59. The Labute approximate surface area is 569 Å². The third kappa shape index (κ3) is 10.7. The van der Waals surface area contributed by atoms with Crippen LogP contribution in [0.1, 0.15) is 33.4 Å². The molecule has 4 heterocycles. The lowest BCUT2D eigenvalue weighted by atomic mass is 9.93. The van der Waals surface area contributed by atoms with Gasteiger partial charge in [0.2, 0.25) is 0 Å². The van der Waals surface area contributed by atoms with E-state index in [1.54, 1.807) is 0 Å². The molecule has 0 N–H and O–H groups in total. The number of rotatable bonds is 12. The molecule has 0 fully saturated rings.